The number of ether oxygens (including phenoxy) is 1. The number of para-hydroxylation sites is 1. The molecule has 7 heteroatoms. The van der Waals surface area contributed by atoms with Gasteiger partial charge in [-0.05, 0) is 35.7 Å². The molecule has 2 aromatic heterocycles. The van der Waals surface area contributed by atoms with Gasteiger partial charge in [-0.3, -0.25) is 4.90 Å². The Morgan fingerprint density at radius 3 is 2.71 bits per heavy atom. The van der Waals surface area contributed by atoms with Crippen molar-refractivity contribution < 1.29 is 14.4 Å². The fourth-order valence-electron chi connectivity index (χ4n) is 3.99. The average Bonchev–Trinajstić information content (AvgIpc) is 3.43. The number of fused-ring (bicyclic) bond motifs is 1. The van der Waals surface area contributed by atoms with Crippen molar-refractivity contribution in [2.24, 2.45) is 0 Å². The van der Waals surface area contributed by atoms with Crippen molar-refractivity contribution in [3.63, 3.8) is 0 Å². The number of thiophene rings is 1. The van der Waals surface area contributed by atoms with Gasteiger partial charge in [-0.25, -0.2) is 0 Å². The second kappa shape index (κ2) is 9.09. The van der Waals surface area contributed by atoms with Crippen molar-refractivity contribution in [2.75, 3.05) is 44.2 Å². The fraction of sp³-hybridized carbons (Fsp3) is 0.292. The standard InChI is InChI=1S/C24H25N3O3S/c28-20(16-26-10-12-27(13-11-26)19-6-2-1-3-7-19)17-29-21-8-4-5-18(15-21)23-22-9-14-31-24(22)25-30-23/h1-9,14-15,20,28H,10-13,16-17H2/t20-/m1/s1. The summed E-state index contributed by atoms with van der Waals surface area (Å²) in [5, 5.41) is 17.6. The number of β-amino-alcohol motifs (C(OH)–C–C–N with tert-alkyl or cyclic N) is 1. The molecule has 0 aliphatic carbocycles. The molecule has 1 aliphatic rings. The lowest BCUT2D eigenvalue weighted by molar-refractivity contribution is 0.0663. The van der Waals surface area contributed by atoms with Crippen LogP contribution in [0.25, 0.3) is 21.5 Å². The molecule has 31 heavy (non-hydrogen) atoms. The third kappa shape index (κ3) is 4.58. The average molecular weight is 436 g/mol. The first kappa shape index (κ1) is 20.1. The van der Waals surface area contributed by atoms with E-state index in [1.165, 1.54) is 5.69 Å². The first-order valence-corrected chi connectivity index (χ1v) is 11.4. The molecule has 1 fully saturated rings. The summed E-state index contributed by atoms with van der Waals surface area (Å²) < 4.78 is 11.4. The maximum Gasteiger partial charge on any atom is 0.175 e. The van der Waals surface area contributed by atoms with Crippen LogP contribution in [0.5, 0.6) is 5.75 Å². The molecular weight excluding hydrogens is 410 g/mol. The minimum atomic E-state index is -0.541. The molecule has 1 atom stereocenters. The summed E-state index contributed by atoms with van der Waals surface area (Å²) in [4.78, 5) is 5.58. The summed E-state index contributed by atoms with van der Waals surface area (Å²) in [5.41, 5.74) is 2.18. The normalized spacial score (nSPS) is 16.0. The molecule has 1 saturated heterocycles. The smallest absolute Gasteiger partial charge is 0.175 e. The summed E-state index contributed by atoms with van der Waals surface area (Å²) in [6.45, 7) is 4.67. The monoisotopic (exact) mass is 435 g/mol. The van der Waals surface area contributed by atoms with Crippen molar-refractivity contribution in [3.05, 3.63) is 66.0 Å². The lowest BCUT2D eigenvalue weighted by atomic mass is 10.1. The van der Waals surface area contributed by atoms with E-state index in [1.54, 1.807) is 11.3 Å². The van der Waals surface area contributed by atoms with Gasteiger partial charge >= 0.3 is 0 Å². The summed E-state index contributed by atoms with van der Waals surface area (Å²) in [6, 6.07) is 20.2. The molecule has 6 nitrogen and oxygen atoms in total. The molecule has 3 heterocycles. The molecule has 160 valence electrons. The van der Waals surface area contributed by atoms with Gasteiger partial charge in [0.25, 0.3) is 0 Å². The number of hydrogen-bond acceptors (Lipinski definition) is 7. The highest BCUT2D eigenvalue weighted by Gasteiger charge is 2.20. The fourth-order valence-corrected chi connectivity index (χ4v) is 4.69. The molecule has 0 saturated carbocycles. The molecule has 4 aromatic rings. The zero-order chi connectivity index (χ0) is 21.0. The highest BCUT2D eigenvalue weighted by molar-refractivity contribution is 7.16. The summed E-state index contributed by atoms with van der Waals surface area (Å²) in [7, 11) is 0. The quantitative estimate of drug-likeness (QED) is 0.471. The van der Waals surface area contributed by atoms with E-state index < -0.39 is 6.10 Å². The number of aliphatic hydroxyl groups is 1. The molecular formula is C24H25N3O3S. The van der Waals surface area contributed by atoms with E-state index in [9.17, 15) is 5.11 Å². The summed E-state index contributed by atoms with van der Waals surface area (Å²) in [5.74, 6) is 1.46. The van der Waals surface area contributed by atoms with E-state index in [4.69, 9.17) is 9.26 Å². The van der Waals surface area contributed by atoms with Crippen LogP contribution in [-0.2, 0) is 0 Å². The molecule has 0 bridgehead atoms. The number of aliphatic hydroxyl groups excluding tert-OH is 1. The number of piperazine rings is 1. The minimum absolute atomic E-state index is 0.257. The maximum atomic E-state index is 10.5. The Bertz CT molecular complexity index is 1120. The first-order valence-electron chi connectivity index (χ1n) is 10.5. The Morgan fingerprint density at radius 1 is 1.03 bits per heavy atom. The van der Waals surface area contributed by atoms with Gasteiger partial charge in [0.1, 0.15) is 18.5 Å². The lowest BCUT2D eigenvalue weighted by Crippen LogP contribution is -2.49. The topological polar surface area (TPSA) is 62.0 Å². The zero-order valence-corrected chi connectivity index (χ0v) is 18.0. The Labute approximate surface area is 185 Å². The Kier molecular flexibility index (Phi) is 5.88. The number of nitrogens with zero attached hydrogens (tertiary/aromatic N) is 3. The minimum Gasteiger partial charge on any atom is -0.491 e. The second-order valence-corrected chi connectivity index (χ2v) is 8.66. The van der Waals surface area contributed by atoms with Gasteiger partial charge in [0.2, 0.25) is 0 Å². The number of benzene rings is 2. The van der Waals surface area contributed by atoms with Crippen molar-refractivity contribution in [1.82, 2.24) is 10.1 Å². The van der Waals surface area contributed by atoms with E-state index in [0.717, 1.165) is 47.7 Å². The largest absolute Gasteiger partial charge is 0.491 e. The third-order valence-electron chi connectivity index (χ3n) is 5.61. The molecule has 1 aliphatic heterocycles. The van der Waals surface area contributed by atoms with Crippen LogP contribution < -0.4 is 9.64 Å². The first-order chi connectivity index (χ1) is 15.3. The van der Waals surface area contributed by atoms with Crippen LogP contribution >= 0.6 is 11.3 Å². The van der Waals surface area contributed by atoms with Gasteiger partial charge < -0.3 is 19.3 Å². The third-order valence-corrected chi connectivity index (χ3v) is 6.40. The van der Waals surface area contributed by atoms with Crippen LogP contribution in [0.4, 0.5) is 5.69 Å². The number of anilines is 1. The molecule has 2 aromatic carbocycles. The van der Waals surface area contributed by atoms with Gasteiger partial charge in [0, 0.05) is 44.0 Å². The van der Waals surface area contributed by atoms with Crippen molar-refractivity contribution in [1.29, 1.82) is 0 Å². The Balaban J connectivity index is 1.13. The van der Waals surface area contributed by atoms with Gasteiger partial charge in [-0.15, -0.1) is 11.3 Å². The predicted molar refractivity (Wildman–Crippen MR) is 124 cm³/mol. The van der Waals surface area contributed by atoms with E-state index >= 15 is 0 Å². The second-order valence-electron chi connectivity index (χ2n) is 7.77. The van der Waals surface area contributed by atoms with Crippen LogP contribution in [-0.4, -0.2) is 60.6 Å². The zero-order valence-electron chi connectivity index (χ0n) is 17.2. The van der Waals surface area contributed by atoms with Crippen molar-refractivity contribution in [2.45, 2.75) is 6.10 Å². The van der Waals surface area contributed by atoms with Gasteiger partial charge in [0.05, 0.1) is 5.39 Å². The molecule has 0 unspecified atom stereocenters. The van der Waals surface area contributed by atoms with E-state index in [2.05, 4.69) is 39.2 Å². The Morgan fingerprint density at radius 2 is 1.87 bits per heavy atom. The van der Waals surface area contributed by atoms with Gasteiger partial charge in [0.15, 0.2) is 10.6 Å². The van der Waals surface area contributed by atoms with Crippen LogP contribution in [0.1, 0.15) is 0 Å². The highest BCUT2D eigenvalue weighted by atomic mass is 32.1. The van der Waals surface area contributed by atoms with E-state index in [1.807, 2.05) is 41.8 Å². The molecule has 0 spiro atoms. The van der Waals surface area contributed by atoms with Gasteiger partial charge in [-0.1, -0.05) is 35.5 Å². The molecule has 0 amide bonds. The van der Waals surface area contributed by atoms with Crippen LogP contribution in [0.3, 0.4) is 0 Å². The lowest BCUT2D eigenvalue weighted by Gasteiger charge is -2.36. The van der Waals surface area contributed by atoms with Crippen LogP contribution in [0.15, 0.2) is 70.6 Å². The maximum absolute atomic E-state index is 10.5. The van der Waals surface area contributed by atoms with E-state index in [-0.39, 0.29) is 6.61 Å². The molecule has 1 N–H and O–H groups in total. The van der Waals surface area contributed by atoms with Crippen molar-refractivity contribution in [3.8, 4) is 17.1 Å². The number of rotatable bonds is 7. The van der Waals surface area contributed by atoms with Crippen LogP contribution in [0, 0.1) is 0 Å². The van der Waals surface area contributed by atoms with Gasteiger partial charge in [-0.2, -0.15) is 0 Å². The Hall–Kier alpha value is -2.87. The summed E-state index contributed by atoms with van der Waals surface area (Å²) in [6.07, 6.45) is -0.541. The molecule has 0 radical (unpaired) electrons. The SMILES string of the molecule is O[C@@H](COc1cccc(-c2onc3sccc23)c1)CN1CCN(c2ccccc2)CC1. The predicted octanol–water partition coefficient (Wildman–Crippen LogP) is 4.12. The number of hydrogen-bond donors (Lipinski definition) is 1. The van der Waals surface area contributed by atoms with E-state index in [0.29, 0.717) is 12.3 Å². The van der Waals surface area contributed by atoms with Crippen LogP contribution in [0.2, 0.25) is 0 Å². The highest BCUT2D eigenvalue weighted by Crippen LogP contribution is 2.33. The molecule has 5 rings (SSSR count). The van der Waals surface area contributed by atoms with Crippen molar-refractivity contribution >= 4 is 27.2 Å². The summed E-state index contributed by atoms with van der Waals surface area (Å²) >= 11 is 1.56. The number of aromatic nitrogens is 1.